The number of rotatable bonds is 6. The lowest BCUT2D eigenvalue weighted by Gasteiger charge is -2.22. The highest BCUT2D eigenvalue weighted by Gasteiger charge is 2.14. The van der Waals surface area contributed by atoms with Crippen LogP contribution in [-0.4, -0.2) is 45.7 Å². The summed E-state index contributed by atoms with van der Waals surface area (Å²) in [5.74, 6) is 0.579. The summed E-state index contributed by atoms with van der Waals surface area (Å²) in [5.41, 5.74) is 0.974. The third kappa shape index (κ3) is 5.62. The van der Waals surface area contributed by atoms with Crippen molar-refractivity contribution in [1.82, 2.24) is 10.2 Å². The van der Waals surface area contributed by atoms with Crippen molar-refractivity contribution in [1.29, 1.82) is 0 Å². The molecule has 0 spiro atoms. The Bertz CT molecular complexity index is 871. The molecule has 1 N–H and O–H groups in total. The third-order valence-electron chi connectivity index (χ3n) is 3.73. The highest BCUT2D eigenvalue weighted by Crippen LogP contribution is 2.23. The summed E-state index contributed by atoms with van der Waals surface area (Å²) >= 11 is 12.0. The van der Waals surface area contributed by atoms with E-state index < -0.39 is 9.84 Å². The molecule has 0 atom stereocenters. The van der Waals surface area contributed by atoms with Crippen LogP contribution < -0.4 is 5.32 Å². The van der Waals surface area contributed by atoms with Crippen molar-refractivity contribution < 1.29 is 8.42 Å². The van der Waals surface area contributed by atoms with Gasteiger partial charge in [-0.2, -0.15) is 0 Å². The van der Waals surface area contributed by atoms with Gasteiger partial charge in [0, 0.05) is 27.2 Å². The minimum absolute atomic E-state index is 0.0172. The summed E-state index contributed by atoms with van der Waals surface area (Å²) in [6.45, 7) is 0.817. The molecule has 2 rings (SSSR count). The van der Waals surface area contributed by atoms with Crippen molar-refractivity contribution in [3.8, 4) is 0 Å². The summed E-state index contributed by atoms with van der Waals surface area (Å²) in [4.78, 5) is 6.40. The summed E-state index contributed by atoms with van der Waals surface area (Å²) < 4.78 is 24.6. The van der Waals surface area contributed by atoms with Gasteiger partial charge in [0.25, 0.3) is 0 Å². The molecular weight excluding hydrogens is 393 g/mol. The topological polar surface area (TPSA) is 61.8 Å². The number of hydrogen-bond donors (Lipinski definition) is 1. The minimum atomic E-state index is -3.33. The van der Waals surface area contributed by atoms with Crippen LogP contribution >= 0.6 is 23.2 Å². The predicted molar refractivity (Wildman–Crippen MR) is 108 cm³/mol. The molecule has 0 radical (unpaired) electrons. The number of benzene rings is 2. The standard InChI is InChI=1S/C18H21Cl2N3O2S/c1-21-18(23(2)13-14-8-9-16(19)17(20)12-14)22-10-11-26(24,25)15-6-4-3-5-7-15/h3-9,12H,10-11,13H2,1-2H3,(H,21,22). The molecule has 0 aromatic heterocycles. The number of sulfone groups is 1. The molecule has 0 saturated heterocycles. The molecule has 0 saturated carbocycles. The maximum atomic E-state index is 12.3. The molecule has 0 unspecified atom stereocenters. The SMILES string of the molecule is CN=C(NCCS(=O)(=O)c1ccccc1)N(C)Cc1ccc(Cl)c(Cl)c1. The number of nitrogens with zero attached hydrogens (tertiary/aromatic N) is 2. The molecular formula is C18H21Cl2N3O2S. The lowest BCUT2D eigenvalue weighted by atomic mass is 10.2. The van der Waals surface area contributed by atoms with Gasteiger partial charge < -0.3 is 10.2 Å². The first-order valence-corrected chi connectivity index (χ1v) is 10.4. The Morgan fingerprint density at radius 2 is 1.81 bits per heavy atom. The van der Waals surface area contributed by atoms with Crippen LogP contribution in [0.5, 0.6) is 0 Å². The second-order valence-corrected chi connectivity index (χ2v) is 8.63. The van der Waals surface area contributed by atoms with Crippen molar-refractivity contribution in [3.63, 3.8) is 0 Å². The zero-order valence-corrected chi connectivity index (χ0v) is 16.9. The maximum Gasteiger partial charge on any atom is 0.193 e. The predicted octanol–water partition coefficient (Wildman–Crippen LogP) is 3.47. The molecule has 0 aliphatic rings. The van der Waals surface area contributed by atoms with Crippen molar-refractivity contribution in [2.24, 2.45) is 4.99 Å². The van der Waals surface area contributed by atoms with Crippen LogP contribution in [0.15, 0.2) is 58.4 Å². The van der Waals surface area contributed by atoms with Crippen LogP contribution in [-0.2, 0) is 16.4 Å². The maximum absolute atomic E-state index is 12.3. The van der Waals surface area contributed by atoms with Gasteiger partial charge in [-0.05, 0) is 29.8 Å². The van der Waals surface area contributed by atoms with Gasteiger partial charge in [0.2, 0.25) is 0 Å². The molecule has 26 heavy (non-hydrogen) atoms. The zero-order valence-electron chi connectivity index (χ0n) is 14.6. The highest BCUT2D eigenvalue weighted by molar-refractivity contribution is 7.91. The van der Waals surface area contributed by atoms with Crippen molar-refractivity contribution >= 4 is 39.0 Å². The molecule has 0 heterocycles. The van der Waals surface area contributed by atoms with E-state index >= 15 is 0 Å². The number of halogens is 2. The molecule has 0 aliphatic carbocycles. The Morgan fingerprint density at radius 1 is 1.12 bits per heavy atom. The number of nitrogens with one attached hydrogen (secondary N) is 1. The van der Waals surface area contributed by atoms with Gasteiger partial charge >= 0.3 is 0 Å². The number of guanidine groups is 1. The van der Waals surface area contributed by atoms with Gasteiger partial charge in [-0.25, -0.2) is 8.42 Å². The fraction of sp³-hybridized carbons (Fsp3) is 0.278. The minimum Gasteiger partial charge on any atom is -0.355 e. The molecule has 0 amide bonds. The molecule has 0 fully saturated rings. The largest absolute Gasteiger partial charge is 0.355 e. The van der Waals surface area contributed by atoms with Crippen LogP contribution in [0.25, 0.3) is 0 Å². The Kier molecular flexibility index (Phi) is 7.32. The van der Waals surface area contributed by atoms with Crippen molar-refractivity contribution in [2.45, 2.75) is 11.4 Å². The Hall–Kier alpha value is -1.76. The lowest BCUT2D eigenvalue weighted by Crippen LogP contribution is -2.40. The highest BCUT2D eigenvalue weighted by atomic mass is 35.5. The van der Waals surface area contributed by atoms with E-state index in [1.165, 1.54) is 0 Å². The van der Waals surface area contributed by atoms with E-state index in [-0.39, 0.29) is 12.3 Å². The van der Waals surface area contributed by atoms with Crippen LogP contribution in [0, 0.1) is 0 Å². The van der Waals surface area contributed by atoms with E-state index in [1.807, 2.05) is 18.0 Å². The monoisotopic (exact) mass is 413 g/mol. The van der Waals surface area contributed by atoms with Gasteiger partial charge in [-0.15, -0.1) is 0 Å². The first kappa shape index (κ1) is 20.6. The number of hydrogen-bond acceptors (Lipinski definition) is 3. The van der Waals surface area contributed by atoms with E-state index in [9.17, 15) is 8.42 Å². The van der Waals surface area contributed by atoms with E-state index in [2.05, 4.69) is 10.3 Å². The molecule has 140 valence electrons. The Balaban J connectivity index is 1.93. The average Bonchev–Trinajstić information content (AvgIpc) is 2.62. The van der Waals surface area contributed by atoms with Gasteiger partial charge in [-0.3, -0.25) is 4.99 Å². The van der Waals surface area contributed by atoms with Gasteiger partial charge in [0.05, 0.1) is 20.7 Å². The second-order valence-electron chi connectivity index (χ2n) is 5.71. The van der Waals surface area contributed by atoms with E-state index in [0.29, 0.717) is 27.4 Å². The zero-order chi connectivity index (χ0) is 19.2. The van der Waals surface area contributed by atoms with E-state index in [0.717, 1.165) is 5.56 Å². The lowest BCUT2D eigenvalue weighted by molar-refractivity contribution is 0.479. The Morgan fingerprint density at radius 3 is 2.42 bits per heavy atom. The average molecular weight is 414 g/mol. The van der Waals surface area contributed by atoms with Crippen LogP contribution in [0.4, 0.5) is 0 Å². The second kappa shape index (κ2) is 9.26. The Labute approximate surface area is 164 Å². The van der Waals surface area contributed by atoms with Crippen molar-refractivity contribution in [3.05, 3.63) is 64.1 Å². The fourth-order valence-corrected chi connectivity index (χ4v) is 3.91. The third-order valence-corrected chi connectivity index (χ3v) is 6.20. The van der Waals surface area contributed by atoms with E-state index in [4.69, 9.17) is 23.2 Å². The first-order chi connectivity index (χ1) is 12.3. The van der Waals surface area contributed by atoms with Crippen LogP contribution in [0.1, 0.15) is 5.56 Å². The van der Waals surface area contributed by atoms with Gasteiger partial charge in [0.15, 0.2) is 15.8 Å². The molecule has 2 aromatic carbocycles. The van der Waals surface area contributed by atoms with E-state index in [1.54, 1.807) is 49.5 Å². The molecule has 0 bridgehead atoms. The van der Waals surface area contributed by atoms with Gasteiger partial charge in [-0.1, -0.05) is 47.5 Å². The molecule has 8 heteroatoms. The summed E-state index contributed by atoms with van der Waals surface area (Å²) in [6, 6.07) is 13.8. The van der Waals surface area contributed by atoms with Crippen LogP contribution in [0.3, 0.4) is 0 Å². The quantitative estimate of drug-likeness (QED) is 0.581. The summed E-state index contributed by atoms with van der Waals surface area (Å²) in [6.07, 6.45) is 0. The molecule has 5 nitrogen and oxygen atoms in total. The molecule has 0 aliphatic heterocycles. The van der Waals surface area contributed by atoms with Crippen molar-refractivity contribution in [2.75, 3.05) is 26.4 Å². The number of aliphatic imine (C=N–C) groups is 1. The van der Waals surface area contributed by atoms with Gasteiger partial charge in [0.1, 0.15) is 0 Å². The molecule has 2 aromatic rings. The summed E-state index contributed by atoms with van der Waals surface area (Å²) in [5, 5.41) is 4.08. The summed E-state index contributed by atoms with van der Waals surface area (Å²) in [7, 11) is 0.190. The van der Waals surface area contributed by atoms with Crippen LogP contribution in [0.2, 0.25) is 10.0 Å². The smallest absolute Gasteiger partial charge is 0.193 e. The normalized spacial score (nSPS) is 12.1. The fourth-order valence-electron chi connectivity index (χ4n) is 2.41. The first-order valence-electron chi connectivity index (χ1n) is 7.97.